The van der Waals surface area contributed by atoms with E-state index in [-0.39, 0.29) is 42.1 Å². The van der Waals surface area contributed by atoms with Crippen LogP contribution >= 0.6 is 35.3 Å². The van der Waals surface area contributed by atoms with Crippen LogP contribution in [0.5, 0.6) is 0 Å². The molecule has 0 bridgehead atoms. The van der Waals surface area contributed by atoms with Gasteiger partial charge in [-0.2, -0.15) is 0 Å². The molecule has 1 heterocycles. The third kappa shape index (κ3) is 8.70. The van der Waals surface area contributed by atoms with Crippen molar-refractivity contribution in [2.75, 3.05) is 33.7 Å². The number of halogens is 2. The van der Waals surface area contributed by atoms with Crippen LogP contribution in [0.4, 0.5) is 4.39 Å². The molecule has 2 rings (SSSR count). The number of amides is 1. The summed E-state index contributed by atoms with van der Waals surface area (Å²) in [4.78, 5) is 19.6. The van der Waals surface area contributed by atoms with E-state index in [0.717, 1.165) is 24.5 Å². The molecule has 0 unspecified atom stereocenters. The van der Waals surface area contributed by atoms with Gasteiger partial charge in [-0.05, 0) is 35.6 Å². The molecule has 148 valence electrons. The largest absolute Gasteiger partial charge is 0.354 e. The van der Waals surface area contributed by atoms with Crippen LogP contribution in [-0.4, -0.2) is 50.5 Å². The summed E-state index contributed by atoms with van der Waals surface area (Å²) in [6.07, 6.45) is 1.22. The van der Waals surface area contributed by atoms with Gasteiger partial charge in [0.2, 0.25) is 5.91 Å². The van der Waals surface area contributed by atoms with Gasteiger partial charge in [0, 0.05) is 38.6 Å². The quantitative estimate of drug-likeness (QED) is 0.252. The van der Waals surface area contributed by atoms with Crippen LogP contribution in [0.25, 0.3) is 0 Å². The van der Waals surface area contributed by atoms with Crippen molar-refractivity contribution >= 4 is 47.2 Å². The summed E-state index contributed by atoms with van der Waals surface area (Å²) in [6, 6.07) is 10.2. The number of guanidine groups is 1. The predicted octanol–water partition coefficient (Wildman–Crippen LogP) is 2.91. The molecule has 0 spiro atoms. The zero-order valence-corrected chi connectivity index (χ0v) is 18.7. The third-order valence-electron chi connectivity index (χ3n) is 3.86. The van der Waals surface area contributed by atoms with Gasteiger partial charge in [0.05, 0.1) is 6.42 Å². The topological polar surface area (TPSA) is 56.7 Å². The molecule has 27 heavy (non-hydrogen) atoms. The van der Waals surface area contributed by atoms with Crippen molar-refractivity contribution in [3.8, 4) is 0 Å². The highest BCUT2D eigenvalue weighted by molar-refractivity contribution is 14.0. The number of thiophene rings is 1. The minimum atomic E-state index is -0.298. The van der Waals surface area contributed by atoms with Gasteiger partial charge in [-0.25, -0.2) is 4.39 Å². The fourth-order valence-corrected chi connectivity index (χ4v) is 3.15. The van der Waals surface area contributed by atoms with Crippen molar-refractivity contribution in [3.63, 3.8) is 0 Å². The Bertz CT molecular complexity index is 707. The van der Waals surface area contributed by atoms with Crippen LogP contribution in [0.1, 0.15) is 10.4 Å². The molecule has 1 aromatic carbocycles. The number of rotatable bonds is 8. The summed E-state index contributed by atoms with van der Waals surface area (Å²) in [5.74, 6) is 0.418. The van der Waals surface area contributed by atoms with Crippen molar-refractivity contribution < 1.29 is 9.18 Å². The number of likely N-dealkylation sites (N-methyl/N-ethyl adjacent to an activating group) is 1. The van der Waals surface area contributed by atoms with E-state index in [0.29, 0.717) is 13.1 Å². The highest BCUT2D eigenvalue weighted by atomic mass is 127. The smallest absolute Gasteiger partial charge is 0.224 e. The molecule has 0 saturated heterocycles. The SMILES string of the molecule is CN=C(NCCNC(=O)Cc1ccc(F)cc1)N(C)CCc1cccs1.I. The zero-order valence-electron chi connectivity index (χ0n) is 15.6. The van der Waals surface area contributed by atoms with E-state index in [1.165, 1.54) is 17.0 Å². The number of carbonyl (C=O) groups excluding carboxylic acids is 1. The second-order valence-corrected chi connectivity index (χ2v) is 6.91. The molecule has 0 atom stereocenters. The van der Waals surface area contributed by atoms with Crippen molar-refractivity contribution in [2.24, 2.45) is 4.99 Å². The molecule has 1 amide bonds. The highest BCUT2D eigenvalue weighted by Gasteiger charge is 2.07. The molecule has 2 aromatic rings. The van der Waals surface area contributed by atoms with E-state index in [2.05, 4.69) is 38.0 Å². The molecule has 2 N–H and O–H groups in total. The average molecular weight is 504 g/mol. The molecule has 1 aromatic heterocycles. The van der Waals surface area contributed by atoms with Gasteiger partial charge in [-0.3, -0.25) is 9.79 Å². The molecule has 5 nitrogen and oxygen atoms in total. The van der Waals surface area contributed by atoms with E-state index >= 15 is 0 Å². The standard InChI is InChI=1S/C19H25FN4OS.HI/c1-21-19(24(2)12-9-17-4-3-13-26-17)23-11-10-22-18(25)14-15-5-7-16(20)8-6-15;/h3-8,13H,9-12,14H2,1-2H3,(H,21,23)(H,22,25);1H. The Morgan fingerprint density at radius 1 is 1.19 bits per heavy atom. The van der Waals surface area contributed by atoms with E-state index in [1.54, 1.807) is 30.5 Å². The lowest BCUT2D eigenvalue weighted by Crippen LogP contribution is -2.43. The molecule has 0 fully saturated rings. The lowest BCUT2D eigenvalue weighted by Gasteiger charge is -2.21. The minimum Gasteiger partial charge on any atom is -0.354 e. The predicted molar refractivity (Wildman–Crippen MR) is 121 cm³/mol. The molecule has 0 aliphatic carbocycles. The van der Waals surface area contributed by atoms with Gasteiger partial charge < -0.3 is 15.5 Å². The van der Waals surface area contributed by atoms with Crippen molar-refractivity contribution in [1.29, 1.82) is 0 Å². The fraction of sp³-hybridized carbons (Fsp3) is 0.368. The first-order chi connectivity index (χ1) is 12.6. The Labute approximate surface area is 181 Å². The average Bonchev–Trinajstić information content (AvgIpc) is 3.15. The summed E-state index contributed by atoms with van der Waals surface area (Å²) in [5.41, 5.74) is 0.793. The highest BCUT2D eigenvalue weighted by Crippen LogP contribution is 2.09. The first-order valence-electron chi connectivity index (χ1n) is 8.54. The molecular weight excluding hydrogens is 478 g/mol. The van der Waals surface area contributed by atoms with Gasteiger partial charge in [-0.1, -0.05) is 18.2 Å². The summed E-state index contributed by atoms with van der Waals surface area (Å²) in [5, 5.41) is 8.17. The summed E-state index contributed by atoms with van der Waals surface area (Å²) >= 11 is 1.76. The molecule has 8 heteroatoms. The van der Waals surface area contributed by atoms with E-state index in [4.69, 9.17) is 0 Å². The van der Waals surface area contributed by atoms with Crippen molar-refractivity contribution in [1.82, 2.24) is 15.5 Å². The summed E-state index contributed by atoms with van der Waals surface area (Å²) < 4.78 is 12.9. The van der Waals surface area contributed by atoms with Crippen molar-refractivity contribution in [3.05, 3.63) is 58.0 Å². The normalized spacial score (nSPS) is 10.9. The van der Waals surface area contributed by atoms with Gasteiger partial charge >= 0.3 is 0 Å². The first kappa shape index (κ1) is 23.4. The van der Waals surface area contributed by atoms with Crippen LogP contribution in [0.15, 0.2) is 46.8 Å². The maximum Gasteiger partial charge on any atom is 0.224 e. The number of nitrogens with one attached hydrogen (secondary N) is 2. The Morgan fingerprint density at radius 3 is 2.52 bits per heavy atom. The van der Waals surface area contributed by atoms with Crippen LogP contribution in [0.3, 0.4) is 0 Å². The van der Waals surface area contributed by atoms with Gasteiger partial charge in [0.1, 0.15) is 5.82 Å². The van der Waals surface area contributed by atoms with Gasteiger partial charge in [0.25, 0.3) is 0 Å². The number of hydrogen-bond acceptors (Lipinski definition) is 3. The molecule has 0 saturated carbocycles. The van der Waals surface area contributed by atoms with E-state index in [9.17, 15) is 9.18 Å². The lowest BCUT2D eigenvalue weighted by atomic mass is 10.1. The second-order valence-electron chi connectivity index (χ2n) is 5.88. The molecular formula is C19H26FIN4OS. The fourth-order valence-electron chi connectivity index (χ4n) is 2.45. The molecule has 0 aliphatic heterocycles. The maximum absolute atomic E-state index is 12.9. The Kier molecular flexibility index (Phi) is 11.0. The van der Waals surface area contributed by atoms with E-state index in [1.807, 2.05) is 7.05 Å². The van der Waals surface area contributed by atoms with Gasteiger partial charge in [-0.15, -0.1) is 35.3 Å². The maximum atomic E-state index is 12.9. The van der Waals surface area contributed by atoms with Crippen LogP contribution in [0, 0.1) is 5.82 Å². The Hall–Kier alpha value is -1.68. The number of nitrogens with zero attached hydrogens (tertiary/aromatic N) is 2. The number of carbonyl (C=O) groups is 1. The Balaban J connectivity index is 0.00000364. The van der Waals surface area contributed by atoms with E-state index < -0.39 is 0 Å². The van der Waals surface area contributed by atoms with Gasteiger partial charge in [0.15, 0.2) is 5.96 Å². The lowest BCUT2D eigenvalue weighted by molar-refractivity contribution is -0.120. The number of benzene rings is 1. The van der Waals surface area contributed by atoms with Crippen molar-refractivity contribution in [2.45, 2.75) is 12.8 Å². The zero-order chi connectivity index (χ0) is 18.8. The third-order valence-corrected chi connectivity index (χ3v) is 4.79. The number of hydrogen-bond donors (Lipinski definition) is 2. The summed E-state index contributed by atoms with van der Waals surface area (Å²) in [7, 11) is 3.74. The van der Waals surface area contributed by atoms with Crippen LogP contribution in [0.2, 0.25) is 0 Å². The minimum absolute atomic E-state index is 0. The first-order valence-corrected chi connectivity index (χ1v) is 9.41. The monoisotopic (exact) mass is 504 g/mol. The van der Waals surface area contributed by atoms with Crippen LogP contribution in [-0.2, 0) is 17.6 Å². The second kappa shape index (κ2) is 12.7. The summed E-state index contributed by atoms with van der Waals surface area (Å²) in [6.45, 7) is 1.96. The Morgan fingerprint density at radius 2 is 1.89 bits per heavy atom. The van der Waals surface area contributed by atoms with Crippen LogP contribution < -0.4 is 10.6 Å². The molecule has 0 aliphatic rings. The number of aliphatic imine (C=N–C) groups is 1. The molecule has 0 radical (unpaired) electrons.